The first kappa shape index (κ1) is 28.2. The minimum absolute atomic E-state index is 0.0754. The zero-order chi connectivity index (χ0) is 29.3. The van der Waals surface area contributed by atoms with Crippen molar-refractivity contribution in [1.82, 2.24) is 10.6 Å². The summed E-state index contributed by atoms with van der Waals surface area (Å²) in [6, 6.07) is 7.33. The first-order valence-electron chi connectivity index (χ1n) is 11.4. The smallest absolute Gasteiger partial charge is 0.534 e. The van der Waals surface area contributed by atoms with E-state index in [1.54, 1.807) is 0 Å². The number of hydrogen-bond donors (Lipinski definition) is 7. The van der Waals surface area contributed by atoms with E-state index in [2.05, 4.69) is 10.6 Å². The van der Waals surface area contributed by atoms with Crippen molar-refractivity contribution in [3.8, 4) is 17.2 Å². The lowest BCUT2D eigenvalue weighted by atomic mass is 9.72. The molecule has 0 radical (unpaired) electrons. The van der Waals surface area contributed by atoms with Gasteiger partial charge in [0.2, 0.25) is 5.91 Å². The molecule has 1 heterocycles. The number of para-hydroxylation sites is 1. The Morgan fingerprint density at radius 1 is 1.00 bits per heavy atom. The second-order valence-electron chi connectivity index (χ2n) is 8.67. The molecule has 0 spiro atoms. The van der Waals surface area contributed by atoms with Crippen LogP contribution in [0, 0.1) is 5.82 Å². The molecule has 206 valence electrons. The molecular weight excluding hydrogens is 554 g/mol. The fraction of sp³-hybridized carbons (Fsp3) is 0.120. The van der Waals surface area contributed by atoms with E-state index < -0.39 is 70.8 Å². The van der Waals surface area contributed by atoms with Crippen LogP contribution in [0.25, 0.3) is 0 Å². The summed E-state index contributed by atoms with van der Waals surface area (Å²) in [6.45, 7) is 0. The monoisotopic (exact) mass is 572 g/mol. The van der Waals surface area contributed by atoms with Crippen molar-refractivity contribution in [1.29, 1.82) is 0 Å². The van der Waals surface area contributed by atoms with Crippen LogP contribution in [0.2, 0.25) is 5.02 Å². The number of hydrogen-bond acceptors (Lipinski definition) is 8. The standard InChI is InChI=1S/C25H19BClFN2O10/c27-18-13(6-7-16(31)20(18)32)22(33)30-19(10-4-5-12(24(35)36)15(28)8-10)23(34)29-17-9-11-2-1-3-14(25(37)38)21(11)40-26(17)39/h1-8,17,19,31-32,39H,9H2,(H,29,34)(H,30,33)(H,35,36)(H,37,38)/t17-,19?/m0/s1. The van der Waals surface area contributed by atoms with Crippen LogP contribution >= 0.6 is 11.6 Å². The highest BCUT2D eigenvalue weighted by Crippen LogP contribution is 2.36. The van der Waals surface area contributed by atoms with Crippen molar-refractivity contribution in [3.05, 3.63) is 87.2 Å². The van der Waals surface area contributed by atoms with Crippen LogP contribution in [0.15, 0.2) is 48.5 Å². The van der Waals surface area contributed by atoms with Crippen molar-refractivity contribution in [2.75, 3.05) is 0 Å². The van der Waals surface area contributed by atoms with Gasteiger partial charge in [-0.1, -0.05) is 29.8 Å². The molecular formula is C25H19BClFN2O10. The highest BCUT2D eigenvalue weighted by molar-refractivity contribution is 6.47. The molecule has 0 aromatic heterocycles. The number of benzene rings is 3. The molecule has 0 aliphatic carbocycles. The Morgan fingerprint density at radius 2 is 1.68 bits per heavy atom. The van der Waals surface area contributed by atoms with Gasteiger partial charge in [-0.25, -0.2) is 14.0 Å². The number of fused-ring (bicyclic) bond motifs is 1. The Kier molecular flexibility index (Phi) is 7.84. The van der Waals surface area contributed by atoms with E-state index in [0.29, 0.717) is 5.56 Å². The number of aromatic carboxylic acids is 2. The maximum absolute atomic E-state index is 14.5. The zero-order valence-corrected chi connectivity index (χ0v) is 20.8. The molecule has 0 saturated heterocycles. The van der Waals surface area contributed by atoms with Crippen LogP contribution in [0.4, 0.5) is 4.39 Å². The van der Waals surface area contributed by atoms with Gasteiger partial charge in [0.25, 0.3) is 5.91 Å². The summed E-state index contributed by atoms with van der Waals surface area (Å²) in [4.78, 5) is 49.1. The number of carboxylic acids is 2. The Hall–Kier alpha value is -4.82. The predicted octanol–water partition coefficient (Wildman–Crippen LogP) is 1.90. The SMILES string of the molecule is O=C(O)c1ccc(C(NC(=O)c2ccc(O)c(O)c2Cl)C(=O)N[C@H]2Cc3cccc(C(=O)O)c3OB2O)cc1F. The lowest BCUT2D eigenvalue weighted by molar-refractivity contribution is -0.123. The molecule has 0 saturated carbocycles. The van der Waals surface area contributed by atoms with E-state index in [4.69, 9.17) is 21.4 Å². The molecule has 4 rings (SSSR count). The minimum Gasteiger partial charge on any atom is -0.534 e. The van der Waals surface area contributed by atoms with Gasteiger partial charge in [0.1, 0.15) is 17.6 Å². The highest BCUT2D eigenvalue weighted by atomic mass is 35.5. The third-order valence-corrected chi connectivity index (χ3v) is 6.49. The second-order valence-corrected chi connectivity index (χ2v) is 9.05. The molecule has 1 aliphatic rings. The summed E-state index contributed by atoms with van der Waals surface area (Å²) >= 11 is 5.95. The van der Waals surface area contributed by atoms with Crippen LogP contribution in [0.3, 0.4) is 0 Å². The van der Waals surface area contributed by atoms with Gasteiger partial charge < -0.3 is 40.7 Å². The summed E-state index contributed by atoms with van der Waals surface area (Å²) < 4.78 is 19.9. The number of amides is 2. The summed E-state index contributed by atoms with van der Waals surface area (Å²) in [5, 5.41) is 52.7. The minimum atomic E-state index is -1.71. The Labute approximate surface area is 229 Å². The van der Waals surface area contributed by atoms with E-state index in [1.807, 2.05) is 0 Å². The third kappa shape index (κ3) is 5.48. The lowest BCUT2D eigenvalue weighted by Gasteiger charge is -2.30. The van der Waals surface area contributed by atoms with Crippen molar-refractivity contribution in [2.45, 2.75) is 18.4 Å². The van der Waals surface area contributed by atoms with E-state index >= 15 is 0 Å². The average Bonchev–Trinajstić information content (AvgIpc) is 2.90. The number of halogens is 2. The quantitative estimate of drug-likeness (QED) is 0.162. The maximum Gasteiger partial charge on any atom is 0.547 e. The van der Waals surface area contributed by atoms with Gasteiger partial charge in [-0.05, 0) is 47.9 Å². The van der Waals surface area contributed by atoms with Crippen molar-refractivity contribution in [3.63, 3.8) is 0 Å². The molecule has 2 amide bonds. The molecule has 1 aliphatic heterocycles. The molecule has 12 nitrogen and oxygen atoms in total. The zero-order valence-electron chi connectivity index (χ0n) is 20.1. The molecule has 7 N–H and O–H groups in total. The predicted molar refractivity (Wildman–Crippen MR) is 136 cm³/mol. The van der Waals surface area contributed by atoms with Crippen LogP contribution in [-0.2, 0) is 11.2 Å². The highest BCUT2D eigenvalue weighted by Gasteiger charge is 2.39. The van der Waals surface area contributed by atoms with Crippen molar-refractivity contribution >= 4 is 42.5 Å². The second kappa shape index (κ2) is 11.1. The number of phenols is 2. The van der Waals surface area contributed by atoms with Gasteiger partial charge in [0.15, 0.2) is 11.5 Å². The number of phenolic OH excluding ortho intramolecular Hbond substituents is 2. The van der Waals surface area contributed by atoms with Gasteiger partial charge in [-0.2, -0.15) is 0 Å². The number of rotatable bonds is 7. The Bertz CT molecular complexity index is 1550. The summed E-state index contributed by atoms with van der Waals surface area (Å²) in [6.07, 6.45) is -0.0754. The number of nitrogens with one attached hydrogen (secondary N) is 2. The Morgan fingerprint density at radius 3 is 2.33 bits per heavy atom. The van der Waals surface area contributed by atoms with Crippen LogP contribution in [0.1, 0.15) is 48.2 Å². The lowest BCUT2D eigenvalue weighted by Crippen LogP contribution is -2.55. The van der Waals surface area contributed by atoms with E-state index in [-0.39, 0.29) is 28.9 Å². The van der Waals surface area contributed by atoms with Crippen LogP contribution < -0.4 is 15.3 Å². The van der Waals surface area contributed by atoms with Gasteiger partial charge in [0, 0.05) is 0 Å². The molecule has 0 fully saturated rings. The molecule has 15 heteroatoms. The number of aromatic hydroxyl groups is 2. The fourth-order valence-corrected chi connectivity index (χ4v) is 4.35. The topological polar surface area (TPSA) is 203 Å². The van der Waals surface area contributed by atoms with Gasteiger partial charge >= 0.3 is 19.1 Å². The first-order chi connectivity index (χ1) is 18.9. The maximum atomic E-state index is 14.5. The normalized spacial score (nSPS) is 14.9. The summed E-state index contributed by atoms with van der Waals surface area (Å²) in [5.74, 6) is -8.70. The van der Waals surface area contributed by atoms with E-state index in [9.17, 15) is 43.9 Å². The van der Waals surface area contributed by atoms with Crippen molar-refractivity contribution in [2.24, 2.45) is 0 Å². The number of carboxylic acid groups (broad SMARTS) is 2. The van der Waals surface area contributed by atoms with Gasteiger partial charge in [-0.15, -0.1) is 0 Å². The van der Waals surface area contributed by atoms with Crippen LogP contribution in [-0.4, -0.2) is 62.3 Å². The molecule has 3 aromatic carbocycles. The van der Waals surface area contributed by atoms with Gasteiger partial charge in [0.05, 0.1) is 27.7 Å². The average molecular weight is 573 g/mol. The van der Waals surface area contributed by atoms with E-state index in [1.165, 1.54) is 18.2 Å². The third-order valence-electron chi connectivity index (χ3n) is 6.11. The largest absolute Gasteiger partial charge is 0.547 e. The summed E-state index contributed by atoms with van der Waals surface area (Å²) in [7, 11) is -1.71. The van der Waals surface area contributed by atoms with Crippen LogP contribution in [0.5, 0.6) is 17.2 Å². The summed E-state index contributed by atoms with van der Waals surface area (Å²) in [5.41, 5.74) is -1.07. The number of carbonyl (C=O) groups is 4. The molecule has 40 heavy (non-hydrogen) atoms. The Balaban J connectivity index is 1.66. The molecule has 0 bridgehead atoms. The van der Waals surface area contributed by atoms with Crippen molar-refractivity contribution < 1.29 is 53.7 Å². The van der Waals surface area contributed by atoms with E-state index in [0.717, 1.165) is 30.3 Å². The van der Waals surface area contributed by atoms with Gasteiger partial charge in [-0.3, -0.25) is 9.59 Å². The first-order valence-corrected chi connectivity index (χ1v) is 11.8. The number of carbonyl (C=O) groups excluding carboxylic acids is 2. The molecule has 1 unspecified atom stereocenters. The fourth-order valence-electron chi connectivity index (χ4n) is 4.11. The molecule has 3 aromatic rings. The molecule has 2 atom stereocenters.